The Morgan fingerprint density at radius 1 is 1.00 bits per heavy atom. The van der Waals surface area contributed by atoms with Gasteiger partial charge in [-0.05, 0) is 65.6 Å². The molecule has 0 saturated carbocycles. The molecule has 0 aromatic heterocycles. The molecule has 2 fully saturated rings. The van der Waals surface area contributed by atoms with Crippen molar-refractivity contribution in [3.63, 3.8) is 0 Å². The van der Waals surface area contributed by atoms with Crippen LogP contribution < -0.4 is 5.32 Å². The van der Waals surface area contributed by atoms with Gasteiger partial charge in [0.2, 0.25) is 5.91 Å². The zero-order valence-electron chi connectivity index (χ0n) is 25.3. The van der Waals surface area contributed by atoms with E-state index in [-0.39, 0.29) is 29.9 Å². The molecule has 0 spiro atoms. The Hall–Kier alpha value is -3.65. The fourth-order valence-corrected chi connectivity index (χ4v) is 6.28. The van der Waals surface area contributed by atoms with Gasteiger partial charge < -0.3 is 10.2 Å². The minimum atomic E-state index is -2.67. The summed E-state index contributed by atoms with van der Waals surface area (Å²) in [6.07, 6.45) is 1.01. The number of carbonyl (C=O) groups is 2. The molecule has 8 heteroatoms. The molecule has 3 aromatic rings. The molecule has 5 rings (SSSR count). The Bertz CT molecular complexity index is 1460. The molecular formula is C35H40F3N3O2. The molecule has 2 amide bonds. The van der Waals surface area contributed by atoms with E-state index in [9.17, 15) is 22.8 Å². The fraction of sp³-hybridized carbons (Fsp3) is 0.429. The number of carbonyl (C=O) groups excluding carboxylic acids is 2. The van der Waals surface area contributed by atoms with Crippen LogP contribution in [0.4, 0.5) is 18.9 Å². The number of nitrogens with zero attached hydrogens (tertiary/aromatic N) is 2. The van der Waals surface area contributed by atoms with Gasteiger partial charge in [0.25, 0.3) is 11.8 Å². The second kappa shape index (κ2) is 12.2. The highest BCUT2D eigenvalue weighted by Gasteiger charge is 2.41. The van der Waals surface area contributed by atoms with Crippen LogP contribution in [0.2, 0.25) is 0 Å². The molecule has 2 saturated heterocycles. The van der Waals surface area contributed by atoms with E-state index in [2.05, 4.69) is 26.1 Å². The molecule has 228 valence electrons. The van der Waals surface area contributed by atoms with E-state index in [1.54, 1.807) is 28.9 Å². The number of aryl methyl sites for hydroxylation is 1. The molecule has 1 N–H and O–H groups in total. The SMILES string of the molecule is Cc1cccc(F)c1C(=O)N1CCC[C@H](C(=O)Nc2cccc(C(C)(C)C)c2)C1c1ccc(CN2CCC(F)(F)C2)cc1. The molecule has 3 aromatic carbocycles. The summed E-state index contributed by atoms with van der Waals surface area (Å²) < 4.78 is 42.4. The van der Waals surface area contributed by atoms with Gasteiger partial charge in [-0.2, -0.15) is 0 Å². The molecule has 2 atom stereocenters. The highest BCUT2D eigenvalue weighted by Crippen LogP contribution is 2.39. The second-order valence-electron chi connectivity index (χ2n) is 13.0. The van der Waals surface area contributed by atoms with Gasteiger partial charge in [-0.25, -0.2) is 13.2 Å². The Kier molecular flexibility index (Phi) is 8.70. The number of benzene rings is 3. The largest absolute Gasteiger partial charge is 0.331 e. The maximum atomic E-state index is 15.0. The molecule has 0 aliphatic carbocycles. The van der Waals surface area contributed by atoms with E-state index in [0.717, 1.165) is 16.7 Å². The van der Waals surface area contributed by atoms with Gasteiger partial charge in [0, 0.05) is 31.7 Å². The minimum Gasteiger partial charge on any atom is -0.331 e. The highest BCUT2D eigenvalue weighted by molar-refractivity contribution is 5.98. The lowest BCUT2D eigenvalue weighted by molar-refractivity contribution is -0.123. The van der Waals surface area contributed by atoms with E-state index in [1.165, 1.54) is 6.07 Å². The van der Waals surface area contributed by atoms with Crippen LogP contribution in [0.15, 0.2) is 66.7 Å². The number of piperidine rings is 1. The monoisotopic (exact) mass is 591 g/mol. The predicted molar refractivity (Wildman–Crippen MR) is 163 cm³/mol. The second-order valence-corrected chi connectivity index (χ2v) is 13.0. The van der Waals surface area contributed by atoms with Crippen molar-refractivity contribution < 1.29 is 22.8 Å². The standard InChI is InChI=1S/C35H40F3N3O2/c1-23-8-5-12-29(36)30(23)33(43)41-18-7-11-28(32(42)39-27-10-6-9-26(20-27)34(2,3)4)31(41)25-15-13-24(14-16-25)21-40-19-17-35(37,38)22-40/h5-6,8-10,12-16,20,28,31H,7,11,17-19,21-22H2,1-4H3,(H,39,42)/t28-,31?/m0/s1. The van der Waals surface area contributed by atoms with Crippen molar-refractivity contribution in [2.45, 2.75) is 70.9 Å². The van der Waals surface area contributed by atoms with Crippen molar-refractivity contribution in [2.24, 2.45) is 5.92 Å². The van der Waals surface area contributed by atoms with Crippen LogP contribution in [-0.2, 0) is 16.8 Å². The molecule has 2 aliphatic heterocycles. The summed E-state index contributed by atoms with van der Waals surface area (Å²) in [7, 11) is 0. The number of rotatable bonds is 6. The topological polar surface area (TPSA) is 52.7 Å². The van der Waals surface area contributed by atoms with Crippen LogP contribution >= 0.6 is 0 Å². The maximum Gasteiger partial charge on any atom is 0.261 e. The molecule has 43 heavy (non-hydrogen) atoms. The van der Waals surface area contributed by atoms with Crippen LogP contribution in [0, 0.1) is 18.7 Å². The number of alkyl halides is 2. The fourth-order valence-electron chi connectivity index (χ4n) is 6.28. The third kappa shape index (κ3) is 6.96. The lowest BCUT2D eigenvalue weighted by atomic mass is 9.82. The van der Waals surface area contributed by atoms with Gasteiger partial charge in [0.05, 0.1) is 24.1 Å². The Morgan fingerprint density at radius 2 is 1.72 bits per heavy atom. The average molecular weight is 592 g/mol. The van der Waals surface area contributed by atoms with Crippen molar-refractivity contribution in [3.8, 4) is 0 Å². The number of anilines is 1. The number of amides is 2. The molecular weight excluding hydrogens is 551 g/mol. The van der Waals surface area contributed by atoms with Gasteiger partial charge in [-0.1, -0.05) is 69.3 Å². The molecule has 1 unspecified atom stereocenters. The summed E-state index contributed by atoms with van der Waals surface area (Å²) in [5.74, 6) is -4.49. The first-order valence-corrected chi connectivity index (χ1v) is 15.0. The minimum absolute atomic E-state index is 0.0121. The molecule has 2 heterocycles. The zero-order chi connectivity index (χ0) is 30.9. The van der Waals surface area contributed by atoms with E-state index in [0.29, 0.717) is 43.7 Å². The summed E-state index contributed by atoms with van der Waals surface area (Å²) in [6.45, 7) is 8.88. The highest BCUT2D eigenvalue weighted by atomic mass is 19.3. The first-order chi connectivity index (χ1) is 20.3. The molecule has 0 radical (unpaired) electrons. The summed E-state index contributed by atoms with van der Waals surface area (Å²) in [4.78, 5) is 31.2. The maximum absolute atomic E-state index is 15.0. The zero-order valence-corrected chi connectivity index (χ0v) is 25.3. The smallest absolute Gasteiger partial charge is 0.261 e. The first-order valence-electron chi connectivity index (χ1n) is 15.0. The lowest BCUT2D eigenvalue weighted by Crippen LogP contribution is -2.46. The normalized spacial score (nSPS) is 20.7. The van der Waals surface area contributed by atoms with Crippen molar-refractivity contribution in [3.05, 3.63) is 100 Å². The van der Waals surface area contributed by atoms with E-state index in [1.807, 2.05) is 48.5 Å². The average Bonchev–Trinajstić information content (AvgIpc) is 3.30. The van der Waals surface area contributed by atoms with Gasteiger partial charge in [-0.3, -0.25) is 14.5 Å². The number of halogens is 3. The molecule has 2 aliphatic rings. The number of nitrogens with one attached hydrogen (secondary N) is 1. The van der Waals surface area contributed by atoms with Crippen molar-refractivity contribution in [1.29, 1.82) is 0 Å². The number of likely N-dealkylation sites (tertiary alicyclic amines) is 2. The van der Waals surface area contributed by atoms with Gasteiger partial charge in [0.1, 0.15) is 5.82 Å². The van der Waals surface area contributed by atoms with E-state index >= 15 is 0 Å². The quantitative estimate of drug-likeness (QED) is 0.323. The molecule has 0 bridgehead atoms. The van der Waals surface area contributed by atoms with Gasteiger partial charge in [-0.15, -0.1) is 0 Å². The van der Waals surface area contributed by atoms with Gasteiger partial charge >= 0.3 is 0 Å². The Balaban J connectivity index is 1.46. The number of hydrogen-bond donors (Lipinski definition) is 1. The lowest BCUT2D eigenvalue weighted by Gasteiger charge is -2.41. The third-order valence-corrected chi connectivity index (χ3v) is 8.64. The molecule has 5 nitrogen and oxygen atoms in total. The Labute approximate surface area is 252 Å². The van der Waals surface area contributed by atoms with Crippen molar-refractivity contribution >= 4 is 17.5 Å². The summed E-state index contributed by atoms with van der Waals surface area (Å²) in [6, 6.07) is 19.2. The summed E-state index contributed by atoms with van der Waals surface area (Å²) in [5, 5.41) is 3.08. The van der Waals surface area contributed by atoms with Crippen LogP contribution in [0.25, 0.3) is 0 Å². The van der Waals surface area contributed by atoms with Crippen LogP contribution in [-0.4, -0.2) is 47.2 Å². The third-order valence-electron chi connectivity index (χ3n) is 8.64. The Morgan fingerprint density at radius 3 is 2.37 bits per heavy atom. The van der Waals surface area contributed by atoms with Crippen molar-refractivity contribution in [1.82, 2.24) is 9.80 Å². The number of hydrogen-bond acceptors (Lipinski definition) is 3. The predicted octanol–water partition coefficient (Wildman–Crippen LogP) is 7.50. The van der Waals surface area contributed by atoms with Crippen LogP contribution in [0.3, 0.4) is 0 Å². The summed E-state index contributed by atoms with van der Waals surface area (Å²) >= 11 is 0. The van der Waals surface area contributed by atoms with E-state index < -0.39 is 29.6 Å². The van der Waals surface area contributed by atoms with Crippen LogP contribution in [0.1, 0.15) is 78.7 Å². The summed E-state index contributed by atoms with van der Waals surface area (Å²) in [5.41, 5.74) is 3.85. The van der Waals surface area contributed by atoms with Gasteiger partial charge in [0.15, 0.2) is 0 Å². The van der Waals surface area contributed by atoms with E-state index in [4.69, 9.17) is 0 Å². The van der Waals surface area contributed by atoms with Crippen LogP contribution in [0.5, 0.6) is 0 Å². The van der Waals surface area contributed by atoms with Crippen molar-refractivity contribution in [2.75, 3.05) is 25.0 Å². The first kappa shape index (κ1) is 30.8.